The minimum absolute atomic E-state index is 0.249. The topological polar surface area (TPSA) is 26.3 Å². The molecular formula is C25H36O2. The Morgan fingerprint density at radius 3 is 2.81 bits per heavy atom. The van der Waals surface area contributed by atoms with Crippen molar-refractivity contribution in [3.05, 3.63) is 11.6 Å². The van der Waals surface area contributed by atoms with Crippen molar-refractivity contribution in [1.29, 1.82) is 0 Å². The summed E-state index contributed by atoms with van der Waals surface area (Å²) >= 11 is 0. The van der Waals surface area contributed by atoms with Crippen LogP contribution in [0.4, 0.5) is 0 Å². The van der Waals surface area contributed by atoms with Gasteiger partial charge in [-0.2, -0.15) is 0 Å². The van der Waals surface area contributed by atoms with Gasteiger partial charge in [-0.1, -0.05) is 25.8 Å². The molecule has 1 spiro atoms. The summed E-state index contributed by atoms with van der Waals surface area (Å²) in [4.78, 5) is 12.1. The van der Waals surface area contributed by atoms with Crippen molar-refractivity contribution in [3.8, 4) is 0 Å². The van der Waals surface area contributed by atoms with Gasteiger partial charge in [0.1, 0.15) is 0 Å². The Morgan fingerprint density at radius 1 is 1.19 bits per heavy atom. The molecule has 27 heavy (non-hydrogen) atoms. The third kappa shape index (κ3) is 1.99. The van der Waals surface area contributed by atoms with Gasteiger partial charge in [0.15, 0.2) is 5.78 Å². The average molecular weight is 369 g/mol. The van der Waals surface area contributed by atoms with Crippen LogP contribution in [0.2, 0.25) is 0 Å². The summed E-state index contributed by atoms with van der Waals surface area (Å²) < 4.78 is 6.73. The Bertz CT molecular complexity index is 686. The normalized spacial score (nSPS) is 55.6. The van der Waals surface area contributed by atoms with Gasteiger partial charge in [0.05, 0.1) is 5.60 Å². The molecule has 0 aromatic heterocycles. The van der Waals surface area contributed by atoms with Crippen molar-refractivity contribution >= 4 is 5.78 Å². The lowest BCUT2D eigenvalue weighted by atomic mass is 9.45. The fraction of sp³-hybridized carbons (Fsp3) is 0.880. The average Bonchev–Trinajstić information content (AvgIpc) is 3.26. The predicted octanol–water partition coefficient (Wildman–Crippen LogP) is 5.56. The maximum absolute atomic E-state index is 12.1. The lowest BCUT2D eigenvalue weighted by molar-refractivity contribution is -0.166. The van der Waals surface area contributed by atoms with E-state index in [2.05, 4.69) is 19.9 Å². The zero-order chi connectivity index (χ0) is 18.4. The maximum Gasteiger partial charge on any atom is 0.155 e. The molecule has 1 heterocycles. The second kappa shape index (κ2) is 5.71. The molecular weight excluding hydrogens is 332 g/mol. The van der Waals surface area contributed by atoms with E-state index in [1.807, 2.05) is 0 Å². The molecule has 9 unspecified atom stereocenters. The molecule has 0 N–H and O–H groups in total. The minimum atomic E-state index is 0.249. The van der Waals surface area contributed by atoms with Crippen molar-refractivity contribution in [2.75, 3.05) is 6.61 Å². The van der Waals surface area contributed by atoms with Crippen LogP contribution < -0.4 is 0 Å². The van der Waals surface area contributed by atoms with Crippen LogP contribution in [0.5, 0.6) is 0 Å². The molecule has 6 rings (SSSR count). The first-order valence-corrected chi connectivity index (χ1v) is 12.0. The third-order valence-electron chi connectivity index (χ3n) is 10.5. The monoisotopic (exact) mass is 368 g/mol. The van der Waals surface area contributed by atoms with Crippen LogP contribution >= 0.6 is 0 Å². The number of hydrogen-bond acceptors (Lipinski definition) is 2. The summed E-state index contributed by atoms with van der Waals surface area (Å²) in [5.74, 6) is 6.43. The number of hydrogen-bond donors (Lipinski definition) is 0. The van der Waals surface area contributed by atoms with Crippen LogP contribution in [-0.4, -0.2) is 18.0 Å². The number of rotatable bonds is 2. The molecule has 6 aliphatic rings. The van der Waals surface area contributed by atoms with Gasteiger partial charge in [0.25, 0.3) is 0 Å². The second-order valence-corrected chi connectivity index (χ2v) is 10.9. The first-order valence-electron chi connectivity index (χ1n) is 12.0. The van der Waals surface area contributed by atoms with E-state index in [9.17, 15) is 4.79 Å². The predicted molar refractivity (Wildman–Crippen MR) is 106 cm³/mol. The van der Waals surface area contributed by atoms with Crippen LogP contribution in [0.25, 0.3) is 0 Å². The molecule has 5 aliphatic carbocycles. The summed E-state index contributed by atoms with van der Waals surface area (Å²) in [7, 11) is 0. The van der Waals surface area contributed by atoms with E-state index in [1.54, 1.807) is 5.57 Å². The van der Waals surface area contributed by atoms with E-state index in [-0.39, 0.29) is 5.60 Å². The number of ketones is 1. The number of carbonyl (C=O) groups is 1. The van der Waals surface area contributed by atoms with Gasteiger partial charge in [0.2, 0.25) is 0 Å². The lowest BCUT2D eigenvalue weighted by Gasteiger charge is -2.60. The van der Waals surface area contributed by atoms with Gasteiger partial charge >= 0.3 is 0 Å². The van der Waals surface area contributed by atoms with Crippen molar-refractivity contribution in [2.45, 2.75) is 83.7 Å². The standard InChI is InChI=1S/C25H36O2/c1-3-15-12-16-13-17(26)6-7-18(16)19-8-10-24(4-2)23(22(15)19)20-14-21(20)25(24)9-5-11-27-25/h13,15,18-23H,3-12,14H2,1-2H3. The fourth-order valence-electron chi connectivity index (χ4n) is 9.72. The molecule has 4 saturated carbocycles. The van der Waals surface area contributed by atoms with Crippen molar-refractivity contribution in [1.82, 2.24) is 0 Å². The van der Waals surface area contributed by atoms with Gasteiger partial charge in [-0.25, -0.2) is 0 Å². The first-order chi connectivity index (χ1) is 13.1. The van der Waals surface area contributed by atoms with Gasteiger partial charge in [-0.3, -0.25) is 4.79 Å². The van der Waals surface area contributed by atoms with E-state index in [4.69, 9.17) is 4.74 Å². The van der Waals surface area contributed by atoms with E-state index in [1.165, 1.54) is 51.4 Å². The molecule has 2 nitrogen and oxygen atoms in total. The van der Waals surface area contributed by atoms with Crippen LogP contribution in [0.1, 0.15) is 78.1 Å². The molecule has 1 saturated heterocycles. The quantitative estimate of drug-likeness (QED) is 0.638. The largest absolute Gasteiger partial charge is 0.374 e. The van der Waals surface area contributed by atoms with Crippen molar-refractivity contribution < 1.29 is 9.53 Å². The highest BCUT2D eigenvalue weighted by molar-refractivity contribution is 5.91. The highest BCUT2D eigenvalue weighted by atomic mass is 16.5. The summed E-state index contributed by atoms with van der Waals surface area (Å²) in [5, 5.41) is 0. The van der Waals surface area contributed by atoms with E-state index in [0.717, 1.165) is 60.9 Å². The van der Waals surface area contributed by atoms with Crippen LogP contribution in [0.15, 0.2) is 11.6 Å². The minimum Gasteiger partial charge on any atom is -0.374 e. The van der Waals surface area contributed by atoms with Crippen LogP contribution in [-0.2, 0) is 9.53 Å². The molecule has 0 aromatic rings. The number of fused-ring (bicyclic) bond motifs is 9. The lowest BCUT2D eigenvalue weighted by Crippen LogP contribution is -2.57. The van der Waals surface area contributed by atoms with Crippen LogP contribution in [0.3, 0.4) is 0 Å². The number of carbonyl (C=O) groups excluding carboxylic acids is 1. The summed E-state index contributed by atoms with van der Waals surface area (Å²) in [6, 6.07) is 0. The van der Waals surface area contributed by atoms with Gasteiger partial charge in [-0.15, -0.1) is 0 Å². The molecule has 0 aromatic carbocycles. The summed E-state index contributed by atoms with van der Waals surface area (Å²) in [6.45, 7) is 5.91. The van der Waals surface area contributed by atoms with Gasteiger partial charge < -0.3 is 4.74 Å². The zero-order valence-corrected chi connectivity index (χ0v) is 17.2. The Labute approximate surface area is 164 Å². The van der Waals surface area contributed by atoms with Crippen molar-refractivity contribution in [3.63, 3.8) is 0 Å². The summed E-state index contributed by atoms with van der Waals surface area (Å²) in [6.07, 6.45) is 14.7. The highest BCUT2D eigenvalue weighted by Gasteiger charge is 2.78. The van der Waals surface area contributed by atoms with Gasteiger partial charge in [0, 0.05) is 18.4 Å². The summed E-state index contributed by atoms with van der Waals surface area (Å²) in [5.41, 5.74) is 2.26. The molecule has 0 bridgehead atoms. The van der Waals surface area contributed by atoms with Gasteiger partial charge in [-0.05, 0) is 98.9 Å². The Kier molecular flexibility index (Phi) is 3.65. The molecule has 0 amide bonds. The molecule has 1 aliphatic heterocycles. The number of allylic oxidation sites excluding steroid dienone is 1. The smallest absolute Gasteiger partial charge is 0.155 e. The molecule has 2 heteroatoms. The van der Waals surface area contributed by atoms with E-state index < -0.39 is 0 Å². The molecule has 0 radical (unpaired) electrons. The Hall–Kier alpha value is -0.630. The van der Waals surface area contributed by atoms with E-state index in [0.29, 0.717) is 11.2 Å². The zero-order valence-electron chi connectivity index (χ0n) is 17.2. The SMILES string of the molecule is CCC1CC2=CC(=O)CCC2C2CCC3(CC)C(C4CC4C34CCCO4)C12. The van der Waals surface area contributed by atoms with Crippen LogP contribution in [0, 0.1) is 46.8 Å². The molecule has 5 fully saturated rings. The number of ether oxygens (including phenoxy) is 1. The highest BCUT2D eigenvalue weighted by Crippen LogP contribution is 2.79. The fourth-order valence-corrected chi connectivity index (χ4v) is 9.72. The maximum atomic E-state index is 12.1. The second-order valence-electron chi connectivity index (χ2n) is 10.9. The van der Waals surface area contributed by atoms with E-state index >= 15 is 0 Å². The Balaban J connectivity index is 1.43. The molecule has 148 valence electrons. The third-order valence-corrected chi connectivity index (χ3v) is 10.5. The van der Waals surface area contributed by atoms with Crippen molar-refractivity contribution in [2.24, 2.45) is 46.8 Å². The Morgan fingerprint density at radius 2 is 2.07 bits per heavy atom. The molecule has 9 atom stereocenters. The first kappa shape index (κ1) is 17.2.